The predicted molar refractivity (Wildman–Crippen MR) is 83.2 cm³/mol. The fourth-order valence-electron chi connectivity index (χ4n) is 2.45. The largest absolute Gasteiger partial charge is 0.383 e. The van der Waals surface area contributed by atoms with Crippen LogP contribution in [0.25, 0.3) is 0 Å². The second-order valence-electron chi connectivity index (χ2n) is 6.44. The highest BCUT2D eigenvalue weighted by atomic mass is 16.1. The molecule has 0 saturated heterocycles. The molecule has 0 amide bonds. The summed E-state index contributed by atoms with van der Waals surface area (Å²) < 4.78 is 0. The molecule has 1 rings (SSSR count). The van der Waals surface area contributed by atoms with E-state index >= 15 is 0 Å². The molecule has 112 valence electrons. The van der Waals surface area contributed by atoms with Crippen LogP contribution >= 0.6 is 0 Å². The van der Waals surface area contributed by atoms with Crippen molar-refractivity contribution >= 4 is 11.6 Å². The number of rotatable bonds is 7. The van der Waals surface area contributed by atoms with Gasteiger partial charge in [-0.25, -0.2) is 4.98 Å². The van der Waals surface area contributed by atoms with Crippen LogP contribution in [0.5, 0.6) is 0 Å². The molecule has 0 aliphatic carbocycles. The Morgan fingerprint density at radius 1 is 1.35 bits per heavy atom. The minimum absolute atomic E-state index is 0.187. The van der Waals surface area contributed by atoms with Crippen molar-refractivity contribution in [1.82, 2.24) is 4.98 Å². The highest BCUT2D eigenvalue weighted by Crippen LogP contribution is 2.32. The van der Waals surface area contributed by atoms with Gasteiger partial charge in [-0.2, -0.15) is 0 Å². The van der Waals surface area contributed by atoms with E-state index in [0.717, 1.165) is 18.4 Å². The Balaban J connectivity index is 2.52. The zero-order valence-electron chi connectivity index (χ0n) is 12.9. The molecule has 0 radical (unpaired) electrons. The van der Waals surface area contributed by atoms with Gasteiger partial charge in [0.05, 0.1) is 0 Å². The van der Waals surface area contributed by atoms with Crippen LogP contribution in [0.1, 0.15) is 45.6 Å². The molecule has 20 heavy (non-hydrogen) atoms. The van der Waals surface area contributed by atoms with Gasteiger partial charge in [0.2, 0.25) is 0 Å². The van der Waals surface area contributed by atoms with Gasteiger partial charge in [0.1, 0.15) is 11.6 Å². The molecule has 0 fully saturated rings. The normalized spacial score (nSPS) is 13.2. The highest BCUT2D eigenvalue weighted by Gasteiger charge is 2.24. The average molecular weight is 277 g/mol. The number of nitrogens with two attached hydrogens (primary N) is 2. The molecule has 4 N–H and O–H groups in total. The molecule has 1 heterocycles. The van der Waals surface area contributed by atoms with Crippen molar-refractivity contribution in [2.75, 3.05) is 12.3 Å². The first-order chi connectivity index (χ1) is 9.34. The molecule has 4 heteroatoms. The van der Waals surface area contributed by atoms with Gasteiger partial charge < -0.3 is 11.5 Å². The molecule has 4 nitrogen and oxygen atoms in total. The third-order valence-electron chi connectivity index (χ3n) is 3.83. The molecule has 0 aliphatic heterocycles. The second kappa shape index (κ2) is 7.39. The third-order valence-corrected chi connectivity index (χ3v) is 3.83. The Hall–Kier alpha value is -1.42. The number of carbonyl (C=O) groups is 1. The zero-order chi connectivity index (χ0) is 15.2. The van der Waals surface area contributed by atoms with Crippen molar-refractivity contribution in [3.05, 3.63) is 23.9 Å². The number of anilines is 1. The van der Waals surface area contributed by atoms with E-state index in [0.29, 0.717) is 31.1 Å². The number of hydrogen-bond donors (Lipinski definition) is 2. The van der Waals surface area contributed by atoms with Crippen LogP contribution in [0.3, 0.4) is 0 Å². The van der Waals surface area contributed by atoms with Crippen LogP contribution in [-0.4, -0.2) is 17.3 Å². The molecule has 1 atom stereocenters. The molecule has 1 unspecified atom stereocenters. The van der Waals surface area contributed by atoms with Gasteiger partial charge in [0.25, 0.3) is 0 Å². The minimum atomic E-state index is 0.187. The highest BCUT2D eigenvalue weighted by molar-refractivity contribution is 5.81. The lowest BCUT2D eigenvalue weighted by molar-refractivity contribution is -0.118. The lowest BCUT2D eigenvalue weighted by atomic mass is 9.76. The number of ketones is 1. The molecular formula is C16H27N3O. The maximum atomic E-state index is 12.1. The lowest BCUT2D eigenvalue weighted by Gasteiger charge is -2.30. The summed E-state index contributed by atoms with van der Waals surface area (Å²) in [5, 5.41) is 0. The molecule has 1 aromatic rings. The summed E-state index contributed by atoms with van der Waals surface area (Å²) in [6.07, 6.45) is 4.45. The number of Topliss-reactive ketones (excluding diaryl/α,β-unsaturated/α-hetero) is 1. The molecule has 0 spiro atoms. The molecule has 0 bridgehead atoms. The van der Waals surface area contributed by atoms with E-state index in [1.54, 1.807) is 6.20 Å². The van der Waals surface area contributed by atoms with Gasteiger partial charge in [-0.05, 0) is 36.8 Å². The second-order valence-corrected chi connectivity index (χ2v) is 6.44. The summed E-state index contributed by atoms with van der Waals surface area (Å²) in [7, 11) is 0. The smallest absolute Gasteiger partial charge is 0.137 e. The van der Waals surface area contributed by atoms with Gasteiger partial charge in [0.15, 0.2) is 0 Å². The summed E-state index contributed by atoms with van der Waals surface area (Å²) in [6, 6.07) is 3.67. The van der Waals surface area contributed by atoms with Gasteiger partial charge >= 0.3 is 0 Å². The van der Waals surface area contributed by atoms with E-state index in [9.17, 15) is 4.79 Å². The Morgan fingerprint density at radius 2 is 2.05 bits per heavy atom. The monoisotopic (exact) mass is 277 g/mol. The molecular weight excluding hydrogens is 250 g/mol. The van der Waals surface area contributed by atoms with Gasteiger partial charge in [-0.3, -0.25) is 4.79 Å². The molecule has 0 aliphatic rings. The lowest BCUT2D eigenvalue weighted by Crippen LogP contribution is -2.24. The van der Waals surface area contributed by atoms with Crippen molar-refractivity contribution in [3.8, 4) is 0 Å². The Labute approximate surface area is 122 Å². The van der Waals surface area contributed by atoms with Crippen molar-refractivity contribution in [3.63, 3.8) is 0 Å². The maximum absolute atomic E-state index is 12.1. The fraction of sp³-hybridized carbons (Fsp3) is 0.625. The number of nitrogen functional groups attached to an aromatic ring is 1. The van der Waals surface area contributed by atoms with Crippen LogP contribution in [0.15, 0.2) is 18.3 Å². The predicted octanol–water partition coefficient (Wildman–Crippen LogP) is 2.57. The average Bonchev–Trinajstić information content (AvgIpc) is 2.36. The fourth-order valence-corrected chi connectivity index (χ4v) is 2.45. The van der Waals surface area contributed by atoms with E-state index in [1.165, 1.54) is 0 Å². The van der Waals surface area contributed by atoms with Crippen LogP contribution in [0.2, 0.25) is 0 Å². The zero-order valence-corrected chi connectivity index (χ0v) is 12.9. The van der Waals surface area contributed by atoms with E-state index in [2.05, 4.69) is 25.8 Å². The standard InChI is InChI=1S/C16H27N3O/c1-16(2,3)13(8-9-17)6-7-14(20)11-12-5-4-10-19-15(12)18/h4-5,10,13H,6-9,11,17H2,1-3H3,(H2,18,19). The number of pyridine rings is 1. The van der Waals surface area contributed by atoms with Crippen LogP contribution < -0.4 is 11.5 Å². The van der Waals surface area contributed by atoms with Crippen LogP contribution in [0, 0.1) is 11.3 Å². The van der Waals surface area contributed by atoms with Crippen molar-refractivity contribution in [2.45, 2.75) is 46.5 Å². The van der Waals surface area contributed by atoms with E-state index in [1.807, 2.05) is 12.1 Å². The van der Waals surface area contributed by atoms with Gasteiger partial charge in [-0.15, -0.1) is 0 Å². The van der Waals surface area contributed by atoms with E-state index in [4.69, 9.17) is 11.5 Å². The number of hydrogen-bond acceptors (Lipinski definition) is 4. The van der Waals surface area contributed by atoms with Crippen LogP contribution in [0.4, 0.5) is 5.82 Å². The number of carbonyl (C=O) groups excluding carboxylic acids is 1. The quantitative estimate of drug-likeness (QED) is 0.802. The summed E-state index contributed by atoms with van der Waals surface area (Å²) in [6.45, 7) is 7.29. The first kappa shape index (κ1) is 16.6. The third kappa shape index (κ3) is 5.29. The molecule has 1 aromatic heterocycles. The van der Waals surface area contributed by atoms with E-state index in [-0.39, 0.29) is 11.2 Å². The van der Waals surface area contributed by atoms with Crippen molar-refractivity contribution in [1.29, 1.82) is 0 Å². The van der Waals surface area contributed by atoms with E-state index < -0.39 is 0 Å². The Kier molecular flexibility index (Phi) is 6.14. The van der Waals surface area contributed by atoms with Crippen molar-refractivity contribution in [2.24, 2.45) is 17.1 Å². The van der Waals surface area contributed by atoms with Gasteiger partial charge in [0, 0.05) is 24.6 Å². The first-order valence-corrected chi connectivity index (χ1v) is 7.25. The SMILES string of the molecule is CC(C)(C)C(CCN)CCC(=O)Cc1cccnc1N. The number of nitrogens with zero attached hydrogens (tertiary/aromatic N) is 1. The number of aromatic nitrogens is 1. The molecule has 0 aromatic carbocycles. The Morgan fingerprint density at radius 3 is 2.60 bits per heavy atom. The summed E-state index contributed by atoms with van der Waals surface area (Å²) in [5.41, 5.74) is 12.4. The molecule has 0 saturated carbocycles. The summed E-state index contributed by atoms with van der Waals surface area (Å²) in [5.74, 6) is 1.15. The van der Waals surface area contributed by atoms with Crippen LogP contribution in [-0.2, 0) is 11.2 Å². The maximum Gasteiger partial charge on any atom is 0.137 e. The summed E-state index contributed by atoms with van der Waals surface area (Å²) >= 11 is 0. The van der Waals surface area contributed by atoms with Gasteiger partial charge in [-0.1, -0.05) is 26.8 Å². The summed E-state index contributed by atoms with van der Waals surface area (Å²) in [4.78, 5) is 16.1. The minimum Gasteiger partial charge on any atom is -0.383 e. The first-order valence-electron chi connectivity index (χ1n) is 7.25. The Bertz CT molecular complexity index is 438. The topological polar surface area (TPSA) is 82.0 Å². The van der Waals surface area contributed by atoms with Crippen molar-refractivity contribution < 1.29 is 4.79 Å².